The maximum Gasteiger partial charge on any atom is 0.307 e. The van der Waals surface area contributed by atoms with Gasteiger partial charge in [0, 0.05) is 24.1 Å². The topological polar surface area (TPSA) is 88.2 Å². The van der Waals surface area contributed by atoms with E-state index in [-0.39, 0.29) is 31.2 Å². The molecule has 0 saturated heterocycles. The van der Waals surface area contributed by atoms with E-state index in [0.717, 1.165) is 5.71 Å². The first-order valence-electron chi connectivity index (χ1n) is 8.89. The molecule has 0 radical (unpaired) electrons. The highest BCUT2D eigenvalue weighted by molar-refractivity contribution is 5.87. The number of allylic oxidation sites excluding steroid dienone is 1. The Morgan fingerprint density at radius 2 is 2.00 bits per heavy atom. The molecule has 0 saturated carbocycles. The Morgan fingerprint density at radius 3 is 2.54 bits per heavy atom. The number of hydrogen-bond acceptors (Lipinski definition) is 5. The van der Waals surface area contributed by atoms with Crippen molar-refractivity contribution in [1.82, 2.24) is 5.01 Å². The molecule has 0 amide bonds. The summed E-state index contributed by atoms with van der Waals surface area (Å²) in [6.45, 7) is 12.2. The van der Waals surface area contributed by atoms with Crippen LogP contribution in [0.1, 0.15) is 39.7 Å². The van der Waals surface area contributed by atoms with Crippen LogP contribution in [-0.2, 0) is 11.2 Å². The maximum atomic E-state index is 11.0. The van der Waals surface area contributed by atoms with Crippen LogP contribution in [0.15, 0.2) is 42.0 Å². The van der Waals surface area contributed by atoms with Crippen molar-refractivity contribution in [2.45, 2.75) is 58.7 Å². The molecule has 0 aliphatic rings. The number of benzene rings is 1. The predicted molar refractivity (Wildman–Crippen MR) is 106 cm³/mol. The van der Waals surface area contributed by atoms with Gasteiger partial charge in [0.1, 0.15) is 12.4 Å². The number of hydrazone groups is 1. The van der Waals surface area contributed by atoms with Crippen LogP contribution in [-0.4, -0.2) is 46.5 Å². The Bertz CT molecular complexity index is 626. The summed E-state index contributed by atoms with van der Waals surface area (Å²) in [5, 5.41) is 15.8. The zero-order chi connectivity index (χ0) is 19.7. The molecule has 1 aromatic rings. The first-order chi connectivity index (χ1) is 12.3. The van der Waals surface area contributed by atoms with Crippen molar-refractivity contribution in [2.24, 2.45) is 10.8 Å². The average molecular weight is 361 g/mol. The average Bonchev–Trinajstić information content (AvgIpc) is 2.57. The Balaban J connectivity index is 2.98. The number of para-hydroxylation sites is 1. The second kappa shape index (κ2) is 10.6. The molecule has 144 valence electrons. The van der Waals surface area contributed by atoms with Gasteiger partial charge in [0.15, 0.2) is 0 Å². The zero-order valence-electron chi connectivity index (χ0n) is 16.2. The standard InChI is InChI=1S/C20H31N3O3/c1-6-9-18(22-23(14(2)3)16(5)15(4)21)13-26-19-11-8-7-10-17(19)12-20(24)25/h6-8,10-11,14-16H,1,9,12-13,21H2,2-5H3,(H,24,25)/b22-18+/t15?,16-/m0/s1. The van der Waals surface area contributed by atoms with Gasteiger partial charge in [-0.05, 0) is 33.8 Å². The number of carboxylic acid groups (broad SMARTS) is 1. The number of nitrogens with zero attached hydrogens (tertiary/aromatic N) is 2. The third-order valence-corrected chi connectivity index (χ3v) is 4.05. The van der Waals surface area contributed by atoms with E-state index in [0.29, 0.717) is 17.7 Å². The van der Waals surface area contributed by atoms with Gasteiger partial charge >= 0.3 is 5.97 Å². The van der Waals surface area contributed by atoms with E-state index in [2.05, 4.69) is 20.4 Å². The molecule has 0 aliphatic carbocycles. The number of carbonyl (C=O) groups is 1. The minimum absolute atomic E-state index is 0.0247. The lowest BCUT2D eigenvalue weighted by atomic mass is 10.1. The van der Waals surface area contributed by atoms with Gasteiger partial charge in [0.2, 0.25) is 0 Å². The molecule has 0 spiro atoms. The van der Waals surface area contributed by atoms with Gasteiger partial charge < -0.3 is 15.6 Å². The van der Waals surface area contributed by atoms with Crippen molar-refractivity contribution in [3.63, 3.8) is 0 Å². The van der Waals surface area contributed by atoms with Crippen LogP contribution in [0.4, 0.5) is 0 Å². The van der Waals surface area contributed by atoms with Crippen LogP contribution >= 0.6 is 0 Å². The normalized spacial score (nSPS) is 14.0. The third-order valence-electron chi connectivity index (χ3n) is 4.05. The lowest BCUT2D eigenvalue weighted by Crippen LogP contribution is -2.45. The molecule has 0 heterocycles. The minimum atomic E-state index is -0.891. The summed E-state index contributed by atoms with van der Waals surface area (Å²) >= 11 is 0. The fourth-order valence-corrected chi connectivity index (χ4v) is 2.49. The van der Waals surface area contributed by atoms with Gasteiger partial charge in [-0.15, -0.1) is 6.58 Å². The van der Waals surface area contributed by atoms with Crippen LogP contribution in [0.25, 0.3) is 0 Å². The van der Waals surface area contributed by atoms with Gasteiger partial charge in [-0.3, -0.25) is 9.80 Å². The second-order valence-corrected chi connectivity index (χ2v) is 6.70. The Morgan fingerprint density at radius 1 is 1.35 bits per heavy atom. The smallest absolute Gasteiger partial charge is 0.307 e. The van der Waals surface area contributed by atoms with Crippen molar-refractivity contribution >= 4 is 11.7 Å². The number of hydrogen-bond donors (Lipinski definition) is 2. The summed E-state index contributed by atoms with van der Waals surface area (Å²) in [4.78, 5) is 11.0. The van der Waals surface area contributed by atoms with Crippen molar-refractivity contribution in [3.05, 3.63) is 42.5 Å². The van der Waals surface area contributed by atoms with E-state index >= 15 is 0 Å². The first-order valence-corrected chi connectivity index (χ1v) is 8.89. The van der Waals surface area contributed by atoms with Crippen molar-refractivity contribution < 1.29 is 14.6 Å². The molecule has 1 rings (SSSR count). The molecule has 6 heteroatoms. The van der Waals surface area contributed by atoms with E-state index in [1.54, 1.807) is 24.3 Å². The molecule has 26 heavy (non-hydrogen) atoms. The summed E-state index contributed by atoms with van der Waals surface area (Å²) in [5.74, 6) is -0.333. The molecule has 2 atom stereocenters. The summed E-state index contributed by atoms with van der Waals surface area (Å²) in [6, 6.07) is 7.40. The van der Waals surface area contributed by atoms with Crippen molar-refractivity contribution in [2.75, 3.05) is 6.61 Å². The van der Waals surface area contributed by atoms with E-state index in [1.165, 1.54) is 0 Å². The highest BCUT2D eigenvalue weighted by atomic mass is 16.5. The number of ether oxygens (including phenoxy) is 1. The molecule has 6 nitrogen and oxygen atoms in total. The number of aliphatic carboxylic acids is 1. The van der Waals surface area contributed by atoms with Crippen LogP contribution in [0.3, 0.4) is 0 Å². The van der Waals surface area contributed by atoms with E-state index < -0.39 is 5.97 Å². The molecular weight excluding hydrogens is 330 g/mol. The molecule has 3 N–H and O–H groups in total. The fourth-order valence-electron chi connectivity index (χ4n) is 2.49. The predicted octanol–water partition coefficient (Wildman–Crippen LogP) is 3.07. The number of carboxylic acids is 1. The quantitative estimate of drug-likeness (QED) is 0.359. The summed E-state index contributed by atoms with van der Waals surface area (Å²) in [5.41, 5.74) is 7.49. The minimum Gasteiger partial charge on any atom is -0.487 e. The largest absolute Gasteiger partial charge is 0.487 e. The molecule has 0 fully saturated rings. The first kappa shape index (κ1) is 21.7. The van der Waals surface area contributed by atoms with Gasteiger partial charge in [-0.25, -0.2) is 0 Å². The number of nitrogens with two attached hydrogens (primary N) is 1. The van der Waals surface area contributed by atoms with E-state index in [4.69, 9.17) is 20.7 Å². The third kappa shape index (κ3) is 6.88. The molecular formula is C20H31N3O3. The van der Waals surface area contributed by atoms with Crippen molar-refractivity contribution in [3.8, 4) is 5.75 Å². The lowest BCUT2D eigenvalue weighted by molar-refractivity contribution is -0.136. The molecule has 0 bridgehead atoms. The Labute approximate surface area is 156 Å². The van der Waals surface area contributed by atoms with Gasteiger partial charge in [0.25, 0.3) is 0 Å². The van der Waals surface area contributed by atoms with Crippen LogP contribution in [0.5, 0.6) is 5.75 Å². The summed E-state index contributed by atoms with van der Waals surface area (Å²) in [7, 11) is 0. The highest BCUT2D eigenvalue weighted by Crippen LogP contribution is 2.19. The van der Waals surface area contributed by atoms with Gasteiger partial charge in [-0.1, -0.05) is 24.3 Å². The van der Waals surface area contributed by atoms with Crippen LogP contribution < -0.4 is 10.5 Å². The molecule has 1 unspecified atom stereocenters. The van der Waals surface area contributed by atoms with Gasteiger partial charge in [-0.2, -0.15) is 5.10 Å². The van der Waals surface area contributed by atoms with Crippen LogP contribution in [0.2, 0.25) is 0 Å². The molecule has 0 aliphatic heterocycles. The number of rotatable bonds is 11. The van der Waals surface area contributed by atoms with Gasteiger partial charge in [0.05, 0.1) is 18.2 Å². The SMILES string of the molecule is C=CC/C(COc1ccccc1CC(=O)O)=N\N(C(C)C)[C@@H](C)C(C)N. The molecule has 0 aromatic heterocycles. The fraction of sp³-hybridized carbons (Fsp3) is 0.500. The molecule has 1 aromatic carbocycles. The second-order valence-electron chi connectivity index (χ2n) is 6.70. The van der Waals surface area contributed by atoms with Crippen molar-refractivity contribution in [1.29, 1.82) is 0 Å². The summed E-state index contributed by atoms with van der Waals surface area (Å²) < 4.78 is 5.87. The van der Waals surface area contributed by atoms with E-state index in [9.17, 15) is 4.79 Å². The highest BCUT2D eigenvalue weighted by Gasteiger charge is 2.19. The monoisotopic (exact) mass is 361 g/mol. The Kier molecular flexibility index (Phi) is 8.85. The summed E-state index contributed by atoms with van der Waals surface area (Å²) in [6.07, 6.45) is 2.28. The lowest BCUT2D eigenvalue weighted by Gasteiger charge is -2.33. The Hall–Kier alpha value is -2.34. The maximum absolute atomic E-state index is 11.0. The van der Waals surface area contributed by atoms with Crippen LogP contribution in [0, 0.1) is 0 Å². The van der Waals surface area contributed by atoms with E-state index in [1.807, 2.05) is 24.9 Å². The zero-order valence-corrected chi connectivity index (χ0v) is 16.2.